The van der Waals surface area contributed by atoms with E-state index in [-0.39, 0.29) is 11.1 Å². The Bertz CT molecular complexity index is 2860. The third kappa shape index (κ3) is 8.18. The Kier molecular flexibility index (Phi) is 12.7. The van der Waals surface area contributed by atoms with E-state index in [1.807, 2.05) is 97.1 Å². The van der Waals surface area contributed by atoms with E-state index in [0.29, 0.717) is 86.1 Å². The zero-order valence-corrected chi connectivity index (χ0v) is 34.9. The fourth-order valence-electron chi connectivity index (χ4n) is 7.56. The molecule has 0 atom stereocenters. The Morgan fingerprint density at radius 2 is 0.919 bits per heavy atom. The third-order valence-electron chi connectivity index (χ3n) is 10.4. The molecule has 0 saturated carbocycles. The number of hydrogen-bond acceptors (Lipinski definition) is 10. The number of hydrogen-bond donors (Lipinski definition) is 2. The molecule has 0 aliphatic heterocycles. The number of ether oxygens (including phenoxy) is 8. The molecule has 0 saturated heterocycles. The molecule has 0 unspecified atom stereocenters. The van der Waals surface area contributed by atoms with Gasteiger partial charge >= 0.3 is 11.9 Å². The molecule has 8 rings (SSSR count). The molecule has 2 N–H and O–H groups in total. The number of rotatable bonds is 14. The van der Waals surface area contributed by atoms with Crippen LogP contribution in [0.5, 0.6) is 46.0 Å². The minimum absolute atomic E-state index is 0.123. The fourth-order valence-corrected chi connectivity index (χ4v) is 7.56. The van der Waals surface area contributed by atoms with Gasteiger partial charge in [-0.2, -0.15) is 0 Å². The highest BCUT2D eigenvalue weighted by molar-refractivity contribution is 6.21. The first kappa shape index (κ1) is 42.3. The van der Waals surface area contributed by atoms with Crippen LogP contribution in [-0.2, 0) is 13.2 Å². The van der Waals surface area contributed by atoms with Crippen LogP contribution < -0.4 is 37.9 Å². The summed E-state index contributed by atoms with van der Waals surface area (Å²) in [5, 5.41) is 25.0. The van der Waals surface area contributed by atoms with Crippen molar-refractivity contribution >= 4 is 55.0 Å². The minimum Gasteiger partial charge on any atom is -0.493 e. The van der Waals surface area contributed by atoms with Crippen molar-refractivity contribution in [1.29, 1.82) is 0 Å². The van der Waals surface area contributed by atoms with Gasteiger partial charge in [0.15, 0.2) is 23.0 Å². The smallest absolute Gasteiger partial charge is 0.336 e. The number of benzene rings is 8. The summed E-state index contributed by atoms with van der Waals surface area (Å²) in [6, 6.07) is 37.4. The Morgan fingerprint density at radius 1 is 0.419 bits per heavy atom. The van der Waals surface area contributed by atoms with E-state index in [2.05, 4.69) is 0 Å². The number of methoxy groups -OCH3 is 6. The van der Waals surface area contributed by atoms with E-state index < -0.39 is 11.9 Å². The molecular weight excluding hydrogens is 793 g/mol. The highest BCUT2D eigenvalue weighted by Crippen LogP contribution is 2.49. The SMILES string of the molecule is COc1cc2c(C(=O)O)cc3c(OCc4ccccc4)cccc3c2c(OC)c1OC.COc1cc2c(C(=O)O)cc3ccc(OCc4ccccc4)cc3c2c(OC)c1OC. The Morgan fingerprint density at radius 3 is 1.42 bits per heavy atom. The van der Waals surface area contributed by atoms with Crippen LogP contribution in [0.15, 0.2) is 121 Å². The Labute approximate surface area is 357 Å². The van der Waals surface area contributed by atoms with Crippen LogP contribution in [-0.4, -0.2) is 64.8 Å². The van der Waals surface area contributed by atoms with Gasteiger partial charge in [0.05, 0.1) is 53.8 Å². The summed E-state index contributed by atoms with van der Waals surface area (Å²) in [5.74, 6) is 1.56. The van der Waals surface area contributed by atoms with Crippen molar-refractivity contribution in [3.8, 4) is 46.0 Å². The van der Waals surface area contributed by atoms with Crippen molar-refractivity contribution < 1.29 is 57.7 Å². The maximum absolute atomic E-state index is 12.1. The molecule has 0 fully saturated rings. The molecule has 0 aliphatic rings. The molecule has 8 aromatic rings. The molecule has 8 aromatic carbocycles. The second-order valence-electron chi connectivity index (χ2n) is 13.9. The van der Waals surface area contributed by atoms with E-state index in [4.69, 9.17) is 37.9 Å². The van der Waals surface area contributed by atoms with E-state index in [1.165, 1.54) is 42.7 Å². The summed E-state index contributed by atoms with van der Waals surface area (Å²) in [4.78, 5) is 24.2. The van der Waals surface area contributed by atoms with Crippen LogP contribution >= 0.6 is 0 Å². The lowest BCUT2D eigenvalue weighted by atomic mass is 9.95. The molecule has 0 radical (unpaired) electrons. The van der Waals surface area contributed by atoms with Crippen LogP contribution in [0.25, 0.3) is 43.1 Å². The van der Waals surface area contributed by atoms with Crippen LogP contribution in [0, 0.1) is 0 Å². The number of carboxylic acid groups (broad SMARTS) is 2. The second-order valence-corrected chi connectivity index (χ2v) is 13.9. The number of fused-ring (bicyclic) bond motifs is 6. The van der Waals surface area contributed by atoms with Crippen molar-refractivity contribution in [2.24, 2.45) is 0 Å². The van der Waals surface area contributed by atoms with Crippen molar-refractivity contribution in [3.63, 3.8) is 0 Å². The van der Waals surface area contributed by atoms with Gasteiger partial charge in [-0.25, -0.2) is 9.59 Å². The van der Waals surface area contributed by atoms with Gasteiger partial charge < -0.3 is 48.1 Å². The second kappa shape index (κ2) is 18.6. The molecule has 0 heterocycles. The average Bonchev–Trinajstić information content (AvgIpc) is 3.31. The Balaban J connectivity index is 0.000000186. The standard InChI is InChI=1S/2C25H22O6/c1-28-21-13-18-19(25(26)27)12-17-16(22(18)24(30-3)23(21)29-2)10-7-11-20(17)31-14-15-8-5-4-6-9-15;1-28-21-13-19-20(25(26)27)11-16-9-10-17(31-14-15-7-5-4-6-8-15)12-18(16)22(19)24(30-3)23(21)29-2/h2*4-13H,14H2,1-3H3,(H,26,27). The quantitative estimate of drug-likeness (QED) is 0.100. The first-order valence-electron chi connectivity index (χ1n) is 19.3. The molecule has 0 aliphatic carbocycles. The van der Waals surface area contributed by atoms with Crippen LogP contribution in [0.1, 0.15) is 31.8 Å². The maximum atomic E-state index is 12.1. The fraction of sp³-hybridized carbons (Fsp3) is 0.160. The molecule has 0 bridgehead atoms. The van der Waals surface area contributed by atoms with Gasteiger partial charge in [0.25, 0.3) is 0 Å². The van der Waals surface area contributed by atoms with E-state index in [9.17, 15) is 19.8 Å². The van der Waals surface area contributed by atoms with Gasteiger partial charge in [0, 0.05) is 26.9 Å². The summed E-state index contributed by atoms with van der Waals surface area (Å²) in [5.41, 5.74) is 2.35. The highest BCUT2D eigenvalue weighted by atomic mass is 16.5. The molecular formula is C50H44O12. The van der Waals surface area contributed by atoms with E-state index in [1.54, 1.807) is 24.3 Å². The zero-order chi connectivity index (χ0) is 43.9. The van der Waals surface area contributed by atoms with Gasteiger partial charge in [-0.3, -0.25) is 0 Å². The van der Waals surface area contributed by atoms with Crippen molar-refractivity contribution in [2.45, 2.75) is 13.2 Å². The van der Waals surface area contributed by atoms with Crippen molar-refractivity contribution in [1.82, 2.24) is 0 Å². The van der Waals surface area contributed by atoms with E-state index in [0.717, 1.165) is 27.3 Å². The minimum atomic E-state index is -1.06. The van der Waals surface area contributed by atoms with Crippen molar-refractivity contribution in [3.05, 3.63) is 144 Å². The molecule has 12 heteroatoms. The number of aromatic carboxylic acids is 2. The lowest BCUT2D eigenvalue weighted by molar-refractivity contribution is 0.0688. The molecule has 316 valence electrons. The summed E-state index contributed by atoms with van der Waals surface area (Å²) >= 11 is 0. The lowest BCUT2D eigenvalue weighted by Crippen LogP contribution is -2.03. The lowest BCUT2D eigenvalue weighted by Gasteiger charge is -2.18. The maximum Gasteiger partial charge on any atom is 0.336 e. The molecule has 12 nitrogen and oxygen atoms in total. The summed E-state index contributed by atoms with van der Waals surface area (Å²) in [6.07, 6.45) is 0. The van der Waals surface area contributed by atoms with Crippen LogP contribution in [0.2, 0.25) is 0 Å². The van der Waals surface area contributed by atoms with Crippen LogP contribution in [0.3, 0.4) is 0 Å². The average molecular weight is 837 g/mol. The monoisotopic (exact) mass is 836 g/mol. The summed E-state index contributed by atoms with van der Waals surface area (Å²) < 4.78 is 45.3. The Hall–Kier alpha value is -7.86. The normalized spacial score (nSPS) is 10.8. The third-order valence-corrected chi connectivity index (χ3v) is 10.4. The molecule has 0 spiro atoms. The topological polar surface area (TPSA) is 148 Å². The first-order chi connectivity index (χ1) is 30.1. The van der Waals surface area contributed by atoms with Gasteiger partial charge in [-0.15, -0.1) is 0 Å². The van der Waals surface area contributed by atoms with Gasteiger partial charge in [0.1, 0.15) is 24.7 Å². The van der Waals surface area contributed by atoms with Gasteiger partial charge in [-0.1, -0.05) is 78.9 Å². The number of carbonyl (C=O) groups is 2. The van der Waals surface area contributed by atoms with Gasteiger partial charge in [0.2, 0.25) is 11.5 Å². The summed E-state index contributed by atoms with van der Waals surface area (Å²) in [6.45, 7) is 0.787. The predicted molar refractivity (Wildman–Crippen MR) is 238 cm³/mol. The first-order valence-corrected chi connectivity index (χ1v) is 19.3. The largest absolute Gasteiger partial charge is 0.493 e. The van der Waals surface area contributed by atoms with Gasteiger partial charge in [-0.05, 0) is 69.8 Å². The number of carboxylic acids is 2. The van der Waals surface area contributed by atoms with E-state index >= 15 is 0 Å². The van der Waals surface area contributed by atoms with Crippen LogP contribution in [0.4, 0.5) is 0 Å². The zero-order valence-electron chi connectivity index (χ0n) is 34.9. The van der Waals surface area contributed by atoms with Crippen molar-refractivity contribution in [2.75, 3.05) is 42.7 Å². The molecule has 0 amide bonds. The predicted octanol–water partition coefficient (Wildman–Crippen LogP) is 10.6. The highest BCUT2D eigenvalue weighted by Gasteiger charge is 2.25. The molecule has 62 heavy (non-hydrogen) atoms. The summed E-state index contributed by atoms with van der Waals surface area (Å²) in [7, 11) is 9.07. The molecule has 0 aromatic heterocycles.